The van der Waals surface area contributed by atoms with Crippen molar-refractivity contribution in [3.05, 3.63) is 53.8 Å². The Morgan fingerprint density at radius 2 is 1.96 bits per heavy atom. The van der Waals surface area contributed by atoms with Crippen LogP contribution in [0.2, 0.25) is 0 Å². The van der Waals surface area contributed by atoms with Gasteiger partial charge in [0, 0.05) is 17.7 Å². The standard InChI is InChI=1S/C21H29NO3/c1-4-11-19-20(17-12-7-5-8-13-17)16(2)22(23)25-21(19,3)24-18-14-9-6-10-15-18/h4-5,7-8,12-13,18-20H,1,6,9-11,14-15H2,2-3H3/t19-,20-,21-/m0/s1. The summed E-state index contributed by atoms with van der Waals surface area (Å²) in [6.07, 6.45) is 8.50. The summed E-state index contributed by atoms with van der Waals surface area (Å²) >= 11 is 0. The minimum atomic E-state index is -0.946. The smallest absolute Gasteiger partial charge is 0.226 e. The minimum absolute atomic E-state index is 0.0135. The molecule has 1 saturated carbocycles. The number of hydrogen-bond donors (Lipinski definition) is 0. The zero-order valence-corrected chi connectivity index (χ0v) is 15.3. The molecule has 0 radical (unpaired) electrons. The van der Waals surface area contributed by atoms with E-state index < -0.39 is 5.79 Å². The molecule has 1 aliphatic carbocycles. The third-order valence-electron chi connectivity index (χ3n) is 5.61. The zero-order valence-electron chi connectivity index (χ0n) is 15.3. The van der Waals surface area contributed by atoms with Gasteiger partial charge in [0.15, 0.2) is 5.79 Å². The highest BCUT2D eigenvalue weighted by Gasteiger charge is 2.49. The van der Waals surface area contributed by atoms with Gasteiger partial charge in [-0.25, -0.2) is 0 Å². The van der Waals surface area contributed by atoms with Crippen LogP contribution in [0.25, 0.3) is 0 Å². The van der Waals surface area contributed by atoms with E-state index in [1.807, 2.05) is 38.1 Å². The fourth-order valence-corrected chi connectivity index (χ4v) is 4.30. The van der Waals surface area contributed by atoms with Gasteiger partial charge in [0.2, 0.25) is 5.71 Å². The molecule has 0 aromatic heterocycles. The quantitative estimate of drug-likeness (QED) is 0.561. The molecule has 3 atom stereocenters. The third kappa shape index (κ3) is 3.74. The fourth-order valence-electron chi connectivity index (χ4n) is 4.30. The van der Waals surface area contributed by atoms with Gasteiger partial charge in [-0.05, 0) is 31.7 Å². The Balaban J connectivity index is 1.95. The first kappa shape index (κ1) is 18.0. The fraction of sp³-hybridized carbons (Fsp3) is 0.571. The molecule has 1 aliphatic heterocycles. The first-order chi connectivity index (χ1) is 12.0. The van der Waals surface area contributed by atoms with Gasteiger partial charge >= 0.3 is 0 Å². The molecule has 0 unspecified atom stereocenters. The third-order valence-corrected chi connectivity index (χ3v) is 5.61. The lowest BCUT2D eigenvalue weighted by Crippen LogP contribution is -2.53. The van der Waals surface area contributed by atoms with E-state index in [0.717, 1.165) is 24.8 Å². The van der Waals surface area contributed by atoms with Crippen molar-refractivity contribution >= 4 is 5.71 Å². The Morgan fingerprint density at radius 1 is 1.28 bits per heavy atom. The number of hydrogen-bond acceptors (Lipinski definition) is 3. The van der Waals surface area contributed by atoms with Crippen LogP contribution in [0.1, 0.15) is 63.9 Å². The normalized spacial score (nSPS) is 30.8. The molecule has 0 saturated heterocycles. The molecule has 4 heteroatoms. The second-order valence-corrected chi connectivity index (χ2v) is 7.40. The summed E-state index contributed by atoms with van der Waals surface area (Å²) in [7, 11) is 0. The molecular formula is C21H29NO3. The number of rotatable bonds is 5. The Bertz CT molecular complexity index is 621. The van der Waals surface area contributed by atoms with Crippen LogP contribution in [0, 0.1) is 11.1 Å². The van der Waals surface area contributed by atoms with Crippen molar-refractivity contribution in [3.63, 3.8) is 0 Å². The van der Waals surface area contributed by atoms with Crippen molar-refractivity contribution < 1.29 is 14.5 Å². The van der Waals surface area contributed by atoms with E-state index >= 15 is 0 Å². The first-order valence-corrected chi connectivity index (χ1v) is 9.38. The van der Waals surface area contributed by atoms with Gasteiger partial charge < -0.3 is 9.57 Å². The van der Waals surface area contributed by atoms with Gasteiger partial charge in [0.05, 0.1) is 12.0 Å². The summed E-state index contributed by atoms with van der Waals surface area (Å²) in [5.41, 5.74) is 1.79. The van der Waals surface area contributed by atoms with Gasteiger partial charge in [0.1, 0.15) is 0 Å². The Labute approximate surface area is 150 Å². The van der Waals surface area contributed by atoms with Crippen LogP contribution in [-0.4, -0.2) is 22.5 Å². The zero-order chi connectivity index (χ0) is 17.9. The molecule has 1 aromatic rings. The van der Waals surface area contributed by atoms with Crippen molar-refractivity contribution in [3.8, 4) is 0 Å². The Morgan fingerprint density at radius 3 is 2.60 bits per heavy atom. The van der Waals surface area contributed by atoms with E-state index in [9.17, 15) is 5.21 Å². The maximum Gasteiger partial charge on any atom is 0.226 e. The molecule has 0 bridgehead atoms. The summed E-state index contributed by atoms with van der Waals surface area (Å²) < 4.78 is 6.43. The highest BCUT2D eigenvalue weighted by molar-refractivity contribution is 5.85. The Kier molecular flexibility index (Phi) is 5.48. The topological polar surface area (TPSA) is 44.5 Å². The molecular weight excluding hydrogens is 314 g/mol. The van der Waals surface area contributed by atoms with E-state index in [1.165, 1.54) is 19.3 Å². The molecule has 2 aliphatic rings. The van der Waals surface area contributed by atoms with E-state index in [2.05, 4.69) is 18.7 Å². The second-order valence-electron chi connectivity index (χ2n) is 7.40. The van der Waals surface area contributed by atoms with E-state index in [0.29, 0.717) is 10.6 Å². The van der Waals surface area contributed by atoms with Gasteiger partial charge in [0.25, 0.3) is 0 Å². The number of nitrogens with zero attached hydrogens (tertiary/aromatic N) is 1. The van der Waals surface area contributed by atoms with Crippen molar-refractivity contribution in [1.29, 1.82) is 0 Å². The number of benzene rings is 1. The van der Waals surface area contributed by atoms with E-state index in [1.54, 1.807) is 0 Å². The lowest BCUT2D eigenvalue weighted by Gasteiger charge is -2.47. The van der Waals surface area contributed by atoms with Crippen molar-refractivity contribution in [2.75, 3.05) is 0 Å². The van der Waals surface area contributed by atoms with Gasteiger partial charge in [-0.1, -0.05) is 55.7 Å². The highest BCUT2D eigenvalue weighted by atomic mass is 16.9. The molecule has 136 valence electrons. The van der Waals surface area contributed by atoms with Gasteiger partial charge in [-0.3, -0.25) is 5.21 Å². The molecule has 0 N–H and O–H groups in total. The van der Waals surface area contributed by atoms with Crippen LogP contribution in [-0.2, 0) is 9.57 Å². The predicted octanol–water partition coefficient (Wildman–Crippen LogP) is 4.94. The molecule has 0 spiro atoms. The van der Waals surface area contributed by atoms with Crippen LogP contribution in [0.4, 0.5) is 0 Å². The van der Waals surface area contributed by atoms with Crippen LogP contribution in [0.3, 0.4) is 0 Å². The van der Waals surface area contributed by atoms with E-state index in [4.69, 9.17) is 9.57 Å². The summed E-state index contributed by atoms with van der Waals surface area (Å²) in [4.78, 5) is 6.44. The lowest BCUT2D eigenvalue weighted by molar-refractivity contribution is -0.793. The van der Waals surface area contributed by atoms with Gasteiger partial charge in [-0.15, -0.1) is 6.58 Å². The maximum atomic E-state index is 12.5. The largest absolute Gasteiger partial charge is 0.369 e. The first-order valence-electron chi connectivity index (χ1n) is 9.38. The number of ether oxygens (including phenoxy) is 1. The summed E-state index contributed by atoms with van der Waals surface area (Å²) in [5, 5.41) is 12.5. The average Bonchev–Trinajstić information content (AvgIpc) is 2.62. The average molecular weight is 343 g/mol. The predicted molar refractivity (Wildman–Crippen MR) is 99.2 cm³/mol. The van der Waals surface area contributed by atoms with Crippen LogP contribution >= 0.6 is 0 Å². The minimum Gasteiger partial charge on any atom is -0.369 e. The SMILES string of the molecule is C=CC[C@H]1[C@H](c2ccccc2)C(C)=[N+]([O-])O[C@]1(C)OC1CCCCC1. The maximum absolute atomic E-state index is 12.5. The molecule has 1 fully saturated rings. The number of allylic oxidation sites excluding steroid dienone is 1. The molecule has 0 amide bonds. The van der Waals surface area contributed by atoms with Crippen molar-refractivity contribution in [1.82, 2.24) is 0 Å². The molecule has 25 heavy (non-hydrogen) atoms. The molecule has 1 heterocycles. The van der Waals surface area contributed by atoms with Crippen molar-refractivity contribution in [2.24, 2.45) is 5.92 Å². The monoisotopic (exact) mass is 343 g/mol. The van der Waals surface area contributed by atoms with E-state index in [-0.39, 0.29) is 17.9 Å². The molecule has 4 nitrogen and oxygen atoms in total. The van der Waals surface area contributed by atoms with Crippen LogP contribution in [0.15, 0.2) is 43.0 Å². The van der Waals surface area contributed by atoms with Crippen LogP contribution in [0.5, 0.6) is 0 Å². The highest BCUT2D eigenvalue weighted by Crippen LogP contribution is 2.44. The summed E-state index contributed by atoms with van der Waals surface area (Å²) in [5.74, 6) is -0.976. The van der Waals surface area contributed by atoms with Gasteiger partial charge in [-0.2, -0.15) is 0 Å². The van der Waals surface area contributed by atoms with Crippen LogP contribution < -0.4 is 0 Å². The summed E-state index contributed by atoms with van der Waals surface area (Å²) in [6.45, 7) is 7.70. The lowest BCUT2D eigenvalue weighted by atomic mass is 9.75. The Hall–Kier alpha value is -1.81. The van der Waals surface area contributed by atoms with Crippen molar-refractivity contribution in [2.45, 2.75) is 70.2 Å². The second kappa shape index (κ2) is 7.61. The summed E-state index contributed by atoms with van der Waals surface area (Å²) in [6, 6.07) is 10.2. The molecule has 3 rings (SSSR count). The molecule has 1 aromatic carbocycles.